The minimum atomic E-state index is 0.103. The average Bonchev–Trinajstić information content (AvgIpc) is 2.48. The zero-order valence-corrected chi connectivity index (χ0v) is 7.99. The van der Waals surface area contributed by atoms with Crippen LogP contribution >= 0.6 is 0 Å². The molecule has 1 aromatic carbocycles. The third-order valence-electron chi connectivity index (χ3n) is 2.45. The van der Waals surface area contributed by atoms with Crippen LogP contribution in [-0.2, 0) is 7.05 Å². The number of fused-ring (bicyclic) bond motifs is 1. The second kappa shape index (κ2) is 2.89. The molecule has 0 aliphatic rings. The van der Waals surface area contributed by atoms with Crippen molar-refractivity contribution in [1.82, 2.24) is 4.57 Å². The quantitative estimate of drug-likeness (QED) is 0.706. The standard InChI is InChI=1S/C11H14N2/c1-8(12)9-4-3-5-11-10(9)6-7-13(11)2/h3-8H,12H2,1-2H3/t8-/m0/s1. The molecule has 1 aromatic heterocycles. The fraction of sp³-hybridized carbons (Fsp3) is 0.273. The van der Waals surface area contributed by atoms with Crippen LogP contribution in [0.1, 0.15) is 18.5 Å². The summed E-state index contributed by atoms with van der Waals surface area (Å²) >= 11 is 0. The van der Waals surface area contributed by atoms with Gasteiger partial charge in [0.15, 0.2) is 0 Å². The minimum Gasteiger partial charge on any atom is -0.351 e. The molecule has 0 saturated carbocycles. The van der Waals surface area contributed by atoms with Crippen LogP contribution in [0.15, 0.2) is 30.5 Å². The summed E-state index contributed by atoms with van der Waals surface area (Å²) < 4.78 is 2.11. The summed E-state index contributed by atoms with van der Waals surface area (Å²) in [5, 5.41) is 1.26. The van der Waals surface area contributed by atoms with Gasteiger partial charge < -0.3 is 10.3 Å². The summed E-state index contributed by atoms with van der Waals surface area (Å²) in [7, 11) is 2.05. The number of rotatable bonds is 1. The third-order valence-corrected chi connectivity index (χ3v) is 2.45. The monoisotopic (exact) mass is 174 g/mol. The molecule has 1 heterocycles. The summed E-state index contributed by atoms with van der Waals surface area (Å²) in [6.45, 7) is 2.02. The first-order valence-corrected chi connectivity index (χ1v) is 4.49. The molecule has 0 radical (unpaired) electrons. The van der Waals surface area contributed by atoms with E-state index in [1.54, 1.807) is 0 Å². The fourth-order valence-corrected chi connectivity index (χ4v) is 1.72. The second-order valence-electron chi connectivity index (χ2n) is 3.50. The zero-order valence-electron chi connectivity index (χ0n) is 7.99. The molecule has 2 rings (SSSR count). The van der Waals surface area contributed by atoms with Gasteiger partial charge in [-0.2, -0.15) is 0 Å². The Hall–Kier alpha value is -1.28. The van der Waals surface area contributed by atoms with Gasteiger partial charge in [0.05, 0.1) is 0 Å². The number of nitrogens with zero attached hydrogens (tertiary/aromatic N) is 1. The molecule has 0 aliphatic carbocycles. The summed E-state index contributed by atoms with van der Waals surface area (Å²) in [5.74, 6) is 0. The average molecular weight is 174 g/mol. The van der Waals surface area contributed by atoms with E-state index in [0.717, 1.165) is 0 Å². The molecule has 0 spiro atoms. The number of aromatic nitrogens is 1. The van der Waals surface area contributed by atoms with E-state index in [0.29, 0.717) is 0 Å². The van der Waals surface area contributed by atoms with Gasteiger partial charge in [0.2, 0.25) is 0 Å². The van der Waals surface area contributed by atoms with Gasteiger partial charge in [-0.3, -0.25) is 0 Å². The molecule has 0 fully saturated rings. The van der Waals surface area contributed by atoms with Crippen LogP contribution in [0.5, 0.6) is 0 Å². The van der Waals surface area contributed by atoms with Crippen LogP contribution in [-0.4, -0.2) is 4.57 Å². The lowest BCUT2D eigenvalue weighted by molar-refractivity contribution is 0.826. The Morgan fingerprint density at radius 1 is 1.31 bits per heavy atom. The summed E-state index contributed by atoms with van der Waals surface area (Å²) in [4.78, 5) is 0. The molecule has 0 aliphatic heterocycles. The fourth-order valence-electron chi connectivity index (χ4n) is 1.72. The van der Waals surface area contributed by atoms with Crippen LogP contribution in [0.4, 0.5) is 0 Å². The van der Waals surface area contributed by atoms with Crippen molar-refractivity contribution in [2.24, 2.45) is 12.8 Å². The molecule has 0 unspecified atom stereocenters. The van der Waals surface area contributed by atoms with Crippen molar-refractivity contribution in [1.29, 1.82) is 0 Å². The Morgan fingerprint density at radius 3 is 2.77 bits per heavy atom. The number of nitrogens with two attached hydrogens (primary N) is 1. The maximum absolute atomic E-state index is 5.88. The predicted molar refractivity (Wildman–Crippen MR) is 55.5 cm³/mol. The van der Waals surface area contributed by atoms with Gasteiger partial charge in [0.25, 0.3) is 0 Å². The minimum absolute atomic E-state index is 0.103. The van der Waals surface area contributed by atoms with Crippen molar-refractivity contribution in [3.8, 4) is 0 Å². The molecule has 2 nitrogen and oxygen atoms in total. The maximum Gasteiger partial charge on any atom is 0.0481 e. The van der Waals surface area contributed by atoms with Crippen LogP contribution in [0, 0.1) is 0 Å². The first kappa shape index (κ1) is 8.32. The molecule has 2 heteroatoms. The lowest BCUT2D eigenvalue weighted by Gasteiger charge is -2.07. The number of hydrogen-bond donors (Lipinski definition) is 1. The van der Waals surface area contributed by atoms with Gasteiger partial charge in [-0.1, -0.05) is 12.1 Å². The zero-order chi connectivity index (χ0) is 9.42. The van der Waals surface area contributed by atoms with Gasteiger partial charge in [0, 0.05) is 30.2 Å². The lowest BCUT2D eigenvalue weighted by Crippen LogP contribution is -2.04. The highest BCUT2D eigenvalue weighted by molar-refractivity contribution is 5.84. The van der Waals surface area contributed by atoms with Crippen LogP contribution in [0.3, 0.4) is 0 Å². The van der Waals surface area contributed by atoms with Gasteiger partial charge in [-0.15, -0.1) is 0 Å². The SMILES string of the molecule is C[C@H](N)c1cccc2c1ccn2C. The molecule has 68 valence electrons. The highest BCUT2D eigenvalue weighted by atomic mass is 14.9. The first-order chi connectivity index (χ1) is 6.20. The van der Waals surface area contributed by atoms with Crippen LogP contribution < -0.4 is 5.73 Å². The normalized spacial score (nSPS) is 13.5. The summed E-state index contributed by atoms with van der Waals surface area (Å²) in [6, 6.07) is 8.48. The van der Waals surface area contributed by atoms with Gasteiger partial charge >= 0.3 is 0 Å². The van der Waals surface area contributed by atoms with E-state index in [1.807, 2.05) is 14.0 Å². The molecule has 2 aromatic rings. The van der Waals surface area contributed by atoms with E-state index in [-0.39, 0.29) is 6.04 Å². The highest BCUT2D eigenvalue weighted by Gasteiger charge is 2.05. The third kappa shape index (κ3) is 1.23. The number of hydrogen-bond acceptors (Lipinski definition) is 1. The van der Waals surface area contributed by atoms with E-state index in [2.05, 4.69) is 35.0 Å². The number of aryl methyl sites for hydroxylation is 1. The maximum atomic E-state index is 5.88. The summed E-state index contributed by atoms with van der Waals surface area (Å²) in [6.07, 6.45) is 2.07. The van der Waals surface area contributed by atoms with Crippen LogP contribution in [0.25, 0.3) is 10.9 Å². The van der Waals surface area contributed by atoms with Crippen LogP contribution in [0.2, 0.25) is 0 Å². The summed E-state index contributed by atoms with van der Waals surface area (Å²) in [5.41, 5.74) is 8.35. The van der Waals surface area contributed by atoms with Crippen molar-refractivity contribution in [2.75, 3.05) is 0 Å². The van der Waals surface area contributed by atoms with Crippen molar-refractivity contribution in [3.63, 3.8) is 0 Å². The van der Waals surface area contributed by atoms with E-state index in [9.17, 15) is 0 Å². The van der Waals surface area contributed by atoms with Gasteiger partial charge in [0.1, 0.15) is 0 Å². The van der Waals surface area contributed by atoms with Crippen molar-refractivity contribution >= 4 is 10.9 Å². The largest absolute Gasteiger partial charge is 0.351 e. The molecular formula is C11H14N2. The Kier molecular flexibility index (Phi) is 1.85. The molecule has 1 atom stereocenters. The Balaban J connectivity index is 2.77. The molecular weight excluding hydrogens is 160 g/mol. The first-order valence-electron chi connectivity index (χ1n) is 4.49. The van der Waals surface area contributed by atoms with E-state index >= 15 is 0 Å². The molecule has 0 bridgehead atoms. The molecule has 0 amide bonds. The molecule has 0 saturated heterocycles. The van der Waals surface area contributed by atoms with Gasteiger partial charge in [-0.25, -0.2) is 0 Å². The Morgan fingerprint density at radius 2 is 2.08 bits per heavy atom. The smallest absolute Gasteiger partial charge is 0.0481 e. The Bertz CT molecular complexity index is 427. The van der Waals surface area contributed by atoms with E-state index in [4.69, 9.17) is 5.73 Å². The van der Waals surface area contributed by atoms with Crippen molar-refractivity contribution in [2.45, 2.75) is 13.0 Å². The highest BCUT2D eigenvalue weighted by Crippen LogP contribution is 2.23. The molecule has 13 heavy (non-hydrogen) atoms. The van der Waals surface area contributed by atoms with Crippen molar-refractivity contribution in [3.05, 3.63) is 36.0 Å². The number of benzene rings is 1. The predicted octanol–water partition coefficient (Wildman–Crippen LogP) is 2.20. The van der Waals surface area contributed by atoms with Crippen molar-refractivity contribution < 1.29 is 0 Å². The molecule has 2 N–H and O–H groups in total. The van der Waals surface area contributed by atoms with Gasteiger partial charge in [-0.05, 0) is 24.6 Å². The second-order valence-corrected chi connectivity index (χ2v) is 3.50. The van der Waals surface area contributed by atoms with E-state index in [1.165, 1.54) is 16.5 Å². The lowest BCUT2D eigenvalue weighted by atomic mass is 10.0. The van der Waals surface area contributed by atoms with E-state index < -0.39 is 0 Å². The Labute approximate surface area is 78.0 Å². The topological polar surface area (TPSA) is 30.9 Å².